The van der Waals surface area contributed by atoms with Gasteiger partial charge < -0.3 is 19.0 Å². The molecular weight excluding hydrogens is 480 g/mol. The van der Waals surface area contributed by atoms with Crippen LogP contribution in [0.3, 0.4) is 0 Å². The van der Waals surface area contributed by atoms with Crippen molar-refractivity contribution in [3.05, 3.63) is 94.6 Å². The molecule has 0 saturated carbocycles. The number of nitrogens with zero attached hydrogens (tertiary/aromatic N) is 2. The number of aliphatic hydroxyl groups is 1. The van der Waals surface area contributed by atoms with E-state index in [4.69, 9.17) is 13.9 Å². The van der Waals surface area contributed by atoms with Gasteiger partial charge in [-0.3, -0.25) is 14.5 Å². The predicted molar refractivity (Wildman–Crippen MR) is 135 cm³/mol. The van der Waals surface area contributed by atoms with Crippen molar-refractivity contribution in [3.8, 4) is 22.1 Å². The van der Waals surface area contributed by atoms with E-state index in [0.29, 0.717) is 38.5 Å². The van der Waals surface area contributed by atoms with Crippen molar-refractivity contribution in [2.75, 3.05) is 19.1 Å². The molecule has 0 fully saturated rings. The van der Waals surface area contributed by atoms with E-state index in [1.807, 2.05) is 30.3 Å². The zero-order chi connectivity index (χ0) is 25.4. The summed E-state index contributed by atoms with van der Waals surface area (Å²) in [6.45, 7) is 1.73. The fourth-order valence-corrected chi connectivity index (χ4v) is 5.25. The van der Waals surface area contributed by atoms with Crippen LogP contribution in [0.1, 0.15) is 27.2 Å². The third kappa shape index (κ3) is 3.83. The molecule has 2 aromatic heterocycles. The Bertz CT molecular complexity index is 1470. The lowest BCUT2D eigenvalue weighted by Crippen LogP contribution is -2.30. The highest BCUT2D eigenvalue weighted by molar-refractivity contribution is 7.17. The largest absolute Gasteiger partial charge is 0.503 e. The summed E-state index contributed by atoms with van der Waals surface area (Å²) in [4.78, 5) is 33.4. The van der Waals surface area contributed by atoms with Crippen molar-refractivity contribution in [2.45, 2.75) is 13.0 Å². The zero-order valence-electron chi connectivity index (χ0n) is 19.7. The van der Waals surface area contributed by atoms with Gasteiger partial charge in [-0.05, 0) is 31.2 Å². The van der Waals surface area contributed by atoms with Crippen LogP contribution in [0.25, 0.3) is 10.6 Å². The molecule has 1 N–H and O–H groups in total. The fraction of sp³-hybridized carbons (Fsp3) is 0.148. The summed E-state index contributed by atoms with van der Waals surface area (Å²) in [6.07, 6.45) is 1.45. The minimum atomic E-state index is -0.986. The topological polar surface area (TPSA) is 102 Å². The number of amides is 1. The Morgan fingerprint density at radius 1 is 1.06 bits per heavy atom. The molecule has 3 heterocycles. The number of benzene rings is 2. The Morgan fingerprint density at radius 2 is 1.81 bits per heavy atom. The maximum atomic E-state index is 13.9. The number of aliphatic hydroxyl groups excluding tert-OH is 1. The van der Waals surface area contributed by atoms with E-state index in [0.717, 1.165) is 5.56 Å². The summed E-state index contributed by atoms with van der Waals surface area (Å²) in [6, 6.07) is 16.8. The van der Waals surface area contributed by atoms with E-state index in [9.17, 15) is 14.7 Å². The van der Waals surface area contributed by atoms with Crippen molar-refractivity contribution < 1.29 is 28.6 Å². The van der Waals surface area contributed by atoms with Gasteiger partial charge in [0.05, 0.1) is 36.6 Å². The van der Waals surface area contributed by atoms with E-state index in [-0.39, 0.29) is 5.57 Å². The van der Waals surface area contributed by atoms with Gasteiger partial charge in [-0.1, -0.05) is 30.3 Å². The molecule has 1 amide bonds. The number of ether oxygens (including phenoxy) is 2. The second-order valence-corrected chi connectivity index (χ2v) is 9.02. The average Bonchev–Trinajstić information content (AvgIpc) is 3.63. The highest BCUT2D eigenvalue weighted by Gasteiger charge is 2.47. The molecule has 1 aliphatic heterocycles. The second-order valence-electron chi connectivity index (χ2n) is 8.02. The Labute approximate surface area is 211 Å². The van der Waals surface area contributed by atoms with Crippen molar-refractivity contribution in [2.24, 2.45) is 0 Å². The van der Waals surface area contributed by atoms with Gasteiger partial charge in [-0.15, -0.1) is 11.3 Å². The van der Waals surface area contributed by atoms with E-state index in [1.54, 1.807) is 37.3 Å². The SMILES string of the molecule is COc1ccc(N2C(=O)C(O)=C(C(=O)c3sc(-c4ccccc4)nc3C)C2c2ccco2)cc1OC. The lowest BCUT2D eigenvalue weighted by Gasteiger charge is -2.25. The number of anilines is 1. The Balaban J connectivity index is 1.60. The molecule has 1 aliphatic rings. The number of ketones is 1. The average molecular weight is 503 g/mol. The number of furan rings is 1. The monoisotopic (exact) mass is 502 g/mol. The van der Waals surface area contributed by atoms with Crippen LogP contribution in [-0.4, -0.2) is 36.0 Å². The number of rotatable bonds is 7. The standard InChI is InChI=1S/C27H22N2O6S/c1-15-25(36-26(28-15)16-8-5-4-6-9-16)23(30)21-22(19-10-7-13-35-19)29(27(32)24(21)31)17-11-12-18(33-2)20(14-17)34-3/h4-14,22,31H,1-3H3. The smallest absolute Gasteiger partial charge is 0.294 e. The predicted octanol–water partition coefficient (Wildman–Crippen LogP) is 5.51. The summed E-state index contributed by atoms with van der Waals surface area (Å²) < 4.78 is 16.3. The molecule has 36 heavy (non-hydrogen) atoms. The molecular formula is C27H22N2O6S. The zero-order valence-corrected chi connectivity index (χ0v) is 20.5. The van der Waals surface area contributed by atoms with Crippen LogP contribution in [0.5, 0.6) is 11.5 Å². The summed E-state index contributed by atoms with van der Waals surface area (Å²) in [5.41, 5.74) is 1.72. The molecule has 182 valence electrons. The number of methoxy groups -OCH3 is 2. The van der Waals surface area contributed by atoms with Crippen LogP contribution in [0, 0.1) is 6.92 Å². The maximum Gasteiger partial charge on any atom is 0.294 e. The lowest BCUT2D eigenvalue weighted by molar-refractivity contribution is -0.117. The summed E-state index contributed by atoms with van der Waals surface area (Å²) in [5.74, 6) is -0.642. The van der Waals surface area contributed by atoms with E-state index >= 15 is 0 Å². The molecule has 8 nitrogen and oxygen atoms in total. The third-order valence-corrected chi connectivity index (χ3v) is 7.14. The molecule has 4 aromatic rings. The van der Waals surface area contributed by atoms with Gasteiger partial charge in [-0.25, -0.2) is 4.98 Å². The first-order valence-corrected chi connectivity index (χ1v) is 11.9. The number of carbonyl (C=O) groups excluding carboxylic acids is 2. The summed E-state index contributed by atoms with van der Waals surface area (Å²) >= 11 is 1.22. The third-order valence-electron chi connectivity index (χ3n) is 5.93. The van der Waals surface area contributed by atoms with Crippen LogP contribution in [0.15, 0.2) is 82.7 Å². The van der Waals surface area contributed by atoms with Gasteiger partial charge in [0, 0.05) is 17.3 Å². The first-order valence-electron chi connectivity index (χ1n) is 11.0. The van der Waals surface area contributed by atoms with Gasteiger partial charge in [0.15, 0.2) is 17.3 Å². The van der Waals surface area contributed by atoms with Crippen LogP contribution in [-0.2, 0) is 4.79 Å². The minimum absolute atomic E-state index is 0.0731. The van der Waals surface area contributed by atoms with Gasteiger partial charge >= 0.3 is 0 Å². The van der Waals surface area contributed by atoms with Gasteiger partial charge in [0.25, 0.3) is 5.91 Å². The Kier molecular flexibility index (Phi) is 6.07. The van der Waals surface area contributed by atoms with Crippen molar-refractivity contribution >= 4 is 28.7 Å². The molecule has 1 atom stereocenters. The van der Waals surface area contributed by atoms with Gasteiger partial charge in [0.2, 0.25) is 5.78 Å². The number of aromatic nitrogens is 1. The molecule has 9 heteroatoms. The van der Waals surface area contributed by atoms with Gasteiger partial charge in [0.1, 0.15) is 16.8 Å². The van der Waals surface area contributed by atoms with Gasteiger partial charge in [-0.2, -0.15) is 0 Å². The van der Waals surface area contributed by atoms with Crippen LogP contribution in [0.4, 0.5) is 5.69 Å². The Hall–Kier alpha value is -4.37. The van der Waals surface area contributed by atoms with E-state index in [2.05, 4.69) is 4.98 Å². The molecule has 0 spiro atoms. The van der Waals surface area contributed by atoms with Crippen LogP contribution < -0.4 is 14.4 Å². The molecule has 5 rings (SSSR count). The molecule has 0 radical (unpaired) electrons. The number of carbonyl (C=O) groups is 2. The van der Waals surface area contributed by atoms with Crippen LogP contribution >= 0.6 is 11.3 Å². The molecule has 0 aliphatic carbocycles. The molecule has 0 saturated heterocycles. The number of hydrogen-bond acceptors (Lipinski definition) is 8. The number of thiazole rings is 1. The normalized spacial score (nSPS) is 15.5. The second kappa shape index (κ2) is 9.35. The van der Waals surface area contributed by atoms with Crippen molar-refractivity contribution in [3.63, 3.8) is 0 Å². The first kappa shape index (κ1) is 23.4. The lowest BCUT2D eigenvalue weighted by atomic mass is 9.99. The summed E-state index contributed by atoms with van der Waals surface area (Å²) in [7, 11) is 2.99. The van der Waals surface area contributed by atoms with Crippen molar-refractivity contribution in [1.82, 2.24) is 4.98 Å². The van der Waals surface area contributed by atoms with Crippen molar-refractivity contribution in [1.29, 1.82) is 0 Å². The highest BCUT2D eigenvalue weighted by Crippen LogP contribution is 2.45. The molecule has 0 bridgehead atoms. The maximum absolute atomic E-state index is 13.9. The number of hydrogen-bond donors (Lipinski definition) is 1. The molecule has 2 aromatic carbocycles. The number of aryl methyl sites for hydroxylation is 1. The number of Topliss-reactive ketones (excluding diaryl/α,β-unsaturated/α-hetero) is 1. The first-order chi connectivity index (χ1) is 17.4. The summed E-state index contributed by atoms with van der Waals surface area (Å²) in [5, 5.41) is 11.7. The molecule has 1 unspecified atom stereocenters. The van der Waals surface area contributed by atoms with Crippen LogP contribution in [0.2, 0.25) is 0 Å². The minimum Gasteiger partial charge on any atom is -0.503 e. The van der Waals surface area contributed by atoms with E-state index in [1.165, 1.54) is 36.7 Å². The van der Waals surface area contributed by atoms with E-state index < -0.39 is 23.5 Å². The Morgan fingerprint density at radius 3 is 2.47 bits per heavy atom. The quantitative estimate of drug-likeness (QED) is 0.332. The highest BCUT2D eigenvalue weighted by atomic mass is 32.1. The fourth-order valence-electron chi connectivity index (χ4n) is 4.23.